The first kappa shape index (κ1) is 15.7. The van der Waals surface area contributed by atoms with Crippen molar-refractivity contribution < 1.29 is 4.74 Å². The van der Waals surface area contributed by atoms with Crippen molar-refractivity contribution in [2.45, 2.75) is 32.1 Å². The van der Waals surface area contributed by atoms with E-state index in [4.69, 9.17) is 16.3 Å². The quantitative estimate of drug-likeness (QED) is 0.681. The lowest BCUT2D eigenvalue weighted by molar-refractivity contribution is 0.415. The van der Waals surface area contributed by atoms with Crippen LogP contribution < -0.4 is 10.2 Å². The molecular weight excluding hydrogens is 342 g/mol. The first-order valence-corrected chi connectivity index (χ1v) is 9.40. The molecule has 2 aromatic heterocycles. The smallest absolute Gasteiger partial charge is 0.190 e. The highest BCUT2D eigenvalue weighted by atomic mass is 35.5. The Morgan fingerprint density at radius 2 is 2.17 bits per heavy atom. The number of fused-ring (bicyclic) bond motifs is 1. The summed E-state index contributed by atoms with van der Waals surface area (Å²) < 4.78 is 5.28. The Hall–Kier alpha value is -1.78. The Morgan fingerprint density at radius 1 is 1.38 bits per heavy atom. The van der Waals surface area contributed by atoms with Gasteiger partial charge in [-0.25, -0.2) is 0 Å². The van der Waals surface area contributed by atoms with Gasteiger partial charge < -0.3 is 9.72 Å². The average molecular weight is 360 g/mol. The number of ether oxygens (including phenoxy) is 1. The van der Waals surface area contributed by atoms with E-state index in [2.05, 4.69) is 17.3 Å². The zero-order valence-corrected chi connectivity index (χ0v) is 15.2. The normalized spacial score (nSPS) is 14.3. The van der Waals surface area contributed by atoms with Crippen molar-refractivity contribution in [2.24, 2.45) is 0 Å². The number of pyridine rings is 1. The molecule has 4 rings (SSSR count). The van der Waals surface area contributed by atoms with Crippen LogP contribution in [-0.2, 0) is 6.42 Å². The highest BCUT2D eigenvalue weighted by Gasteiger charge is 2.28. The number of aromatic nitrogens is 1. The molecule has 1 saturated carbocycles. The van der Waals surface area contributed by atoms with Gasteiger partial charge in [0.15, 0.2) is 5.43 Å². The molecule has 124 valence electrons. The fourth-order valence-corrected chi connectivity index (χ4v) is 4.78. The van der Waals surface area contributed by atoms with Crippen LogP contribution in [0.1, 0.15) is 36.8 Å². The predicted molar refractivity (Wildman–Crippen MR) is 101 cm³/mol. The summed E-state index contributed by atoms with van der Waals surface area (Å²) in [6, 6.07) is 5.17. The molecule has 0 spiro atoms. The summed E-state index contributed by atoms with van der Waals surface area (Å²) in [5.74, 6) is 1.28. The minimum Gasteiger partial charge on any atom is -0.495 e. The van der Waals surface area contributed by atoms with Gasteiger partial charge in [0, 0.05) is 11.5 Å². The van der Waals surface area contributed by atoms with Gasteiger partial charge in [-0.1, -0.05) is 18.5 Å². The largest absolute Gasteiger partial charge is 0.495 e. The number of methoxy groups -OCH3 is 1. The molecule has 24 heavy (non-hydrogen) atoms. The summed E-state index contributed by atoms with van der Waals surface area (Å²) in [7, 11) is 1.57. The van der Waals surface area contributed by atoms with Crippen LogP contribution in [0, 0.1) is 0 Å². The van der Waals surface area contributed by atoms with Crippen LogP contribution in [0.25, 0.3) is 21.5 Å². The Morgan fingerprint density at radius 3 is 2.83 bits per heavy atom. The van der Waals surface area contributed by atoms with Crippen LogP contribution >= 0.6 is 22.9 Å². The van der Waals surface area contributed by atoms with Gasteiger partial charge >= 0.3 is 0 Å². The third kappa shape index (κ3) is 2.45. The number of aromatic amines is 1. The van der Waals surface area contributed by atoms with Gasteiger partial charge in [-0.15, -0.1) is 11.3 Å². The minimum absolute atomic E-state index is 0.0215. The van der Waals surface area contributed by atoms with Gasteiger partial charge in [0.05, 0.1) is 23.2 Å². The van der Waals surface area contributed by atoms with Crippen molar-refractivity contribution in [1.82, 2.24) is 4.98 Å². The Bertz CT molecular complexity index is 985. The second-order valence-electron chi connectivity index (χ2n) is 6.18. The number of rotatable bonds is 4. The Balaban J connectivity index is 1.94. The van der Waals surface area contributed by atoms with E-state index in [1.165, 1.54) is 24.0 Å². The summed E-state index contributed by atoms with van der Waals surface area (Å²) in [6.45, 7) is 2.17. The van der Waals surface area contributed by atoms with Gasteiger partial charge in [0.2, 0.25) is 0 Å². The summed E-state index contributed by atoms with van der Waals surface area (Å²) in [4.78, 5) is 17.1. The van der Waals surface area contributed by atoms with E-state index < -0.39 is 0 Å². The Kier molecular flexibility index (Phi) is 3.89. The fourth-order valence-electron chi connectivity index (χ4n) is 3.27. The molecule has 1 fully saturated rings. The van der Waals surface area contributed by atoms with Crippen molar-refractivity contribution in [3.63, 3.8) is 0 Å². The molecule has 1 N–H and O–H groups in total. The first-order chi connectivity index (χ1) is 11.6. The van der Waals surface area contributed by atoms with Crippen LogP contribution in [0.4, 0.5) is 0 Å². The van der Waals surface area contributed by atoms with Crippen molar-refractivity contribution in [1.29, 1.82) is 0 Å². The third-order valence-electron chi connectivity index (χ3n) is 4.67. The molecule has 1 aliphatic carbocycles. The maximum absolute atomic E-state index is 12.6. The molecule has 0 saturated heterocycles. The number of nitrogens with one attached hydrogen (secondary N) is 1. The van der Waals surface area contributed by atoms with Crippen LogP contribution in [0.3, 0.4) is 0 Å². The summed E-state index contributed by atoms with van der Waals surface area (Å²) >= 11 is 8.13. The molecule has 5 heteroatoms. The van der Waals surface area contributed by atoms with Gasteiger partial charge in [-0.05, 0) is 53.8 Å². The molecule has 0 amide bonds. The van der Waals surface area contributed by atoms with Crippen molar-refractivity contribution in [3.05, 3.63) is 50.0 Å². The van der Waals surface area contributed by atoms with E-state index in [9.17, 15) is 4.79 Å². The number of hydrogen-bond acceptors (Lipinski definition) is 3. The number of thiophene rings is 1. The van der Waals surface area contributed by atoms with Crippen LogP contribution in [-0.4, -0.2) is 12.1 Å². The molecule has 1 aliphatic rings. The standard InChI is InChI=1S/C19H18ClNO2S/c1-3-11-13(10-4-5-10)9-24-19(11)14-8-15(22)12-6-7-16(23-2)17(20)18(12)21-14/h6-10H,3-5H2,1-2H3,(H,21,22). The predicted octanol–water partition coefficient (Wildman–Crippen LogP) is 5.36. The first-order valence-electron chi connectivity index (χ1n) is 8.14. The second-order valence-corrected chi connectivity index (χ2v) is 7.44. The van der Waals surface area contributed by atoms with Gasteiger partial charge in [-0.3, -0.25) is 4.79 Å². The van der Waals surface area contributed by atoms with E-state index >= 15 is 0 Å². The maximum Gasteiger partial charge on any atom is 0.190 e. The average Bonchev–Trinajstić information content (AvgIpc) is 3.34. The van der Waals surface area contributed by atoms with Gasteiger partial charge in [-0.2, -0.15) is 0 Å². The van der Waals surface area contributed by atoms with E-state index in [-0.39, 0.29) is 5.43 Å². The molecule has 1 aromatic carbocycles. The summed E-state index contributed by atoms with van der Waals surface area (Å²) in [5, 5.41) is 3.29. The van der Waals surface area contributed by atoms with Crippen LogP contribution in [0.5, 0.6) is 5.75 Å². The molecular formula is C19H18ClNO2S. The summed E-state index contributed by atoms with van der Waals surface area (Å²) in [6.07, 6.45) is 3.53. The van der Waals surface area contributed by atoms with Gasteiger partial charge in [0.1, 0.15) is 10.8 Å². The van der Waals surface area contributed by atoms with Crippen molar-refractivity contribution in [2.75, 3.05) is 7.11 Å². The second kappa shape index (κ2) is 5.94. The highest BCUT2D eigenvalue weighted by Crippen LogP contribution is 2.46. The topological polar surface area (TPSA) is 42.1 Å². The molecule has 3 aromatic rings. The SMILES string of the molecule is CCc1c(C2CC2)csc1-c1cc(=O)c2ccc(OC)c(Cl)c2[nH]1. The lowest BCUT2D eigenvalue weighted by Gasteiger charge is -2.09. The van der Waals surface area contributed by atoms with Crippen molar-refractivity contribution >= 4 is 33.8 Å². The van der Waals surface area contributed by atoms with Crippen molar-refractivity contribution in [3.8, 4) is 16.3 Å². The lowest BCUT2D eigenvalue weighted by atomic mass is 10.0. The fraction of sp³-hybridized carbons (Fsp3) is 0.316. The number of H-pyrrole nitrogens is 1. The third-order valence-corrected chi connectivity index (χ3v) is 6.12. The van der Waals surface area contributed by atoms with Crippen LogP contribution in [0.2, 0.25) is 5.02 Å². The molecule has 3 nitrogen and oxygen atoms in total. The number of halogens is 1. The van der Waals surface area contributed by atoms with Crippen LogP contribution in [0.15, 0.2) is 28.4 Å². The highest BCUT2D eigenvalue weighted by molar-refractivity contribution is 7.13. The van der Waals surface area contributed by atoms with E-state index in [0.717, 1.165) is 17.0 Å². The molecule has 0 unspecified atom stereocenters. The summed E-state index contributed by atoms with van der Waals surface area (Å²) in [5.41, 5.74) is 4.27. The monoisotopic (exact) mass is 359 g/mol. The lowest BCUT2D eigenvalue weighted by Crippen LogP contribution is -2.04. The molecule has 0 bridgehead atoms. The zero-order chi connectivity index (χ0) is 16.8. The Labute approximate surface area is 149 Å². The minimum atomic E-state index is -0.0215. The zero-order valence-electron chi connectivity index (χ0n) is 13.6. The number of benzene rings is 1. The van der Waals surface area contributed by atoms with E-state index in [0.29, 0.717) is 27.6 Å². The number of hydrogen-bond donors (Lipinski definition) is 1. The van der Waals surface area contributed by atoms with Gasteiger partial charge in [0.25, 0.3) is 0 Å². The van der Waals surface area contributed by atoms with E-state index in [1.807, 2.05) is 0 Å². The van der Waals surface area contributed by atoms with E-state index in [1.54, 1.807) is 36.6 Å². The molecule has 0 aliphatic heterocycles. The molecule has 0 radical (unpaired) electrons. The maximum atomic E-state index is 12.6. The molecule has 0 atom stereocenters. The molecule has 2 heterocycles.